The van der Waals surface area contributed by atoms with Gasteiger partial charge < -0.3 is 29.0 Å². The highest BCUT2D eigenvalue weighted by Gasteiger charge is 2.18. The molecule has 0 bridgehead atoms. The molecule has 3 rings (SSSR count). The Bertz CT molecular complexity index is 976. The van der Waals surface area contributed by atoms with Gasteiger partial charge in [-0.3, -0.25) is 9.69 Å². The fraction of sp³-hybridized carbons (Fsp3) is 0.462. The maximum Gasteiger partial charge on any atom is 0.343 e. The number of likely N-dealkylation sites (N-methyl/N-ethyl adjacent to an activating group) is 1. The van der Waals surface area contributed by atoms with Crippen molar-refractivity contribution in [3.05, 3.63) is 53.6 Å². The van der Waals surface area contributed by atoms with E-state index in [1.54, 1.807) is 18.2 Å². The normalized spacial score (nSPS) is 13.8. The van der Waals surface area contributed by atoms with Crippen molar-refractivity contribution in [2.24, 2.45) is 0 Å². The molecule has 0 atom stereocenters. The number of amides is 1. The second-order valence-corrected chi connectivity index (χ2v) is 8.23. The zero-order chi connectivity index (χ0) is 25.0. The van der Waals surface area contributed by atoms with Crippen molar-refractivity contribution < 1.29 is 33.3 Å². The molecular formula is C26H34N2O7. The molecule has 9 heteroatoms. The van der Waals surface area contributed by atoms with Gasteiger partial charge in [0.05, 0.1) is 14.2 Å². The third-order valence-corrected chi connectivity index (χ3v) is 5.88. The van der Waals surface area contributed by atoms with Crippen LogP contribution in [-0.2, 0) is 20.8 Å². The van der Waals surface area contributed by atoms with Crippen LogP contribution in [0, 0.1) is 0 Å². The van der Waals surface area contributed by atoms with Crippen molar-refractivity contribution in [2.45, 2.75) is 25.4 Å². The molecule has 0 aliphatic carbocycles. The first-order chi connectivity index (χ1) is 17.0. The molecule has 1 N–H and O–H groups in total. The molecule has 190 valence electrons. The lowest BCUT2D eigenvalue weighted by Crippen LogP contribution is -2.38. The van der Waals surface area contributed by atoms with Gasteiger partial charge in [0, 0.05) is 37.9 Å². The van der Waals surface area contributed by atoms with Gasteiger partial charge in [-0.25, -0.2) is 4.79 Å². The molecule has 35 heavy (non-hydrogen) atoms. The molecule has 0 spiro atoms. The third kappa shape index (κ3) is 8.15. The van der Waals surface area contributed by atoms with Crippen molar-refractivity contribution in [1.29, 1.82) is 0 Å². The zero-order valence-electron chi connectivity index (χ0n) is 20.6. The van der Waals surface area contributed by atoms with E-state index in [0.717, 1.165) is 43.9 Å². The number of carbonyl (C=O) groups is 2. The first kappa shape index (κ1) is 26.3. The van der Waals surface area contributed by atoms with E-state index in [1.807, 2.05) is 24.3 Å². The Labute approximate surface area is 206 Å². The van der Waals surface area contributed by atoms with Crippen LogP contribution in [0.25, 0.3) is 0 Å². The third-order valence-electron chi connectivity index (χ3n) is 5.88. The van der Waals surface area contributed by atoms with Crippen LogP contribution in [-0.4, -0.2) is 77.1 Å². The first-order valence-electron chi connectivity index (χ1n) is 11.7. The molecule has 1 fully saturated rings. The molecule has 1 heterocycles. The van der Waals surface area contributed by atoms with E-state index >= 15 is 0 Å². The number of nitrogens with one attached hydrogen (secondary N) is 1. The van der Waals surface area contributed by atoms with Gasteiger partial charge in [-0.15, -0.1) is 0 Å². The number of ether oxygens (including phenoxy) is 5. The average molecular weight is 487 g/mol. The summed E-state index contributed by atoms with van der Waals surface area (Å²) in [6.07, 6.45) is 2.11. The van der Waals surface area contributed by atoms with Crippen LogP contribution < -0.4 is 19.5 Å². The van der Waals surface area contributed by atoms with E-state index in [-0.39, 0.29) is 12.5 Å². The molecule has 0 radical (unpaired) electrons. The maximum absolute atomic E-state index is 12.7. The highest BCUT2D eigenvalue weighted by Crippen LogP contribution is 2.28. The minimum absolute atomic E-state index is 0.247. The molecule has 0 unspecified atom stereocenters. The summed E-state index contributed by atoms with van der Waals surface area (Å²) in [5, 5.41) is 2.90. The molecule has 0 aromatic heterocycles. The molecular weight excluding hydrogens is 452 g/mol. The Morgan fingerprint density at radius 3 is 2.60 bits per heavy atom. The summed E-state index contributed by atoms with van der Waals surface area (Å²) in [5.41, 5.74) is 1.34. The van der Waals surface area contributed by atoms with Crippen molar-refractivity contribution >= 4 is 11.9 Å². The van der Waals surface area contributed by atoms with E-state index in [1.165, 1.54) is 14.2 Å². The quantitative estimate of drug-likeness (QED) is 0.458. The molecule has 1 saturated heterocycles. The van der Waals surface area contributed by atoms with Crippen molar-refractivity contribution in [3.8, 4) is 17.2 Å². The van der Waals surface area contributed by atoms with Crippen LogP contribution in [0.15, 0.2) is 42.5 Å². The van der Waals surface area contributed by atoms with Crippen LogP contribution in [0.3, 0.4) is 0 Å². The Hall–Kier alpha value is -3.30. The lowest BCUT2D eigenvalue weighted by atomic mass is 10.1. The number of esters is 1. The van der Waals surface area contributed by atoms with E-state index in [0.29, 0.717) is 36.3 Å². The lowest BCUT2D eigenvalue weighted by molar-refractivity contribution is -0.142. The van der Waals surface area contributed by atoms with Crippen LogP contribution >= 0.6 is 0 Å². The largest absolute Gasteiger partial charge is 0.493 e. The maximum atomic E-state index is 12.7. The minimum atomic E-state index is -0.508. The SMILES string of the molecule is COC(=O)COc1ccc(C(=O)NCc2cccc(OCCN(C)C3CCOCC3)c2)cc1OC. The van der Waals surface area contributed by atoms with Crippen molar-refractivity contribution in [1.82, 2.24) is 10.2 Å². The van der Waals surface area contributed by atoms with Gasteiger partial charge in [-0.1, -0.05) is 12.1 Å². The summed E-state index contributed by atoms with van der Waals surface area (Å²) in [5.74, 6) is 0.703. The minimum Gasteiger partial charge on any atom is -0.493 e. The van der Waals surface area contributed by atoms with Gasteiger partial charge in [-0.05, 0) is 55.8 Å². The summed E-state index contributed by atoms with van der Waals surface area (Å²) >= 11 is 0. The molecule has 2 aromatic rings. The number of benzene rings is 2. The highest BCUT2D eigenvalue weighted by atomic mass is 16.6. The number of carbonyl (C=O) groups excluding carboxylic acids is 2. The van der Waals surface area contributed by atoms with Crippen molar-refractivity contribution in [2.75, 3.05) is 54.2 Å². The molecule has 1 amide bonds. The summed E-state index contributed by atoms with van der Waals surface area (Å²) in [6, 6.07) is 13.0. The van der Waals surface area contributed by atoms with E-state index in [2.05, 4.69) is 22.0 Å². The summed E-state index contributed by atoms with van der Waals surface area (Å²) in [6.45, 7) is 3.18. The van der Waals surface area contributed by atoms with Gasteiger partial charge in [0.15, 0.2) is 18.1 Å². The van der Waals surface area contributed by atoms with Crippen LogP contribution in [0.5, 0.6) is 17.2 Å². The van der Waals surface area contributed by atoms with E-state index in [9.17, 15) is 9.59 Å². The van der Waals surface area contributed by atoms with Gasteiger partial charge in [0.25, 0.3) is 5.91 Å². The number of methoxy groups -OCH3 is 2. The monoisotopic (exact) mass is 486 g/mol. The number of rotatable bonds is 12. The van der Waals surface area contributed by atoms with E-state index < -0.39 is 5.97 Å². The number of hydrogen-bond donors (Lipinski definition) is 1. The fourth-order valence-corrected chi connectivity index (χ4v) is 3.77. The second kappa shape index (κ2) is 13.6. The zero-order valence-corrected chi connectivity index (χ0v) is 20.6. The lowest BCUT2D eigenvalue weighted by Gasteiger charge is -2.31. The molecule has 1 aliphatic rings. The molecule has 0 saturated carbocycles. The second-order valence-electron chi connectivity index (χ2n) is 8.23. The van der Waals surface area contributed by atoms with Crippen LogP contribution in [0.2, 0.25) is 0 Å². The summed E-state index contributed by atoms with van der Waals surface area (Å²) in [4.78, 5) is 26.3. The predicted octanol–water partition coefficient (Wildman–Crippen LogP) is 2.67. The number of nitrogens with zero attached hydrogens (tertiary/aromatic N) is 1. The summed E-state index contributed by atoms with van der Waals surface area (Å²) in [7, 11) is 4.87. The summed E-state index contributed by atoms with van der Waals surface area (Å²) < 4.78 is 26.6. The van der Waals surface area contributed by atoms with Crippen LogP contribution in [0.4, 0.5) is 0 Å². The van der Waals surface area contributed by atoms with Gasteiger partial charge in [-0.2, -0.15) is 0 Å². The molecule has 2 aromatic carbocycles. The fourth-order valence-electron chi connectivity index (χ4n) is 3.77. The Morgan fingerprint density at radius 1 is 1.06 bits per heavy atom. The standard InChI is InChI=1S/C26H34N2O7/c1-28(21-9-12-33-13-10-21)11-14-34-22-6-4-5-19(15-22)17-27-26(30)20-7-8-23(24(16-20)31-2)35-18-25(29)32-3/h4-8,15-16,21H,9-14,17-18H2,1-3H3,(H,27,30). The Balaban J connectivity index is 1.48. The molecule has 9 nitrogen and oxygen atoms in total. The Kier molecular flexibility index (Phi) is 10.2. The predicted molar refractivity (Wildman–Crippen MR) is 130 cm³/mol. The average Bonchev–Trinajstić information content (AvgIpc) is 2.90. The Morgan fingerprint density at radius 2 is 1.86 bits per heavy atom. The smallest absolute Gasteiger partial charge is 0.343 e. The van der Waals surface area contributed by atoms with Gasteiger partial charge in [0.1, 0.15) is 12.4 Å². The van der Waals surface area contributed by atoms with E-state index in [4.69, 9.17) is 18.9 Å². The topological polar surface area (TPSA) is 95.6 Å². The van der Waals surface area contributed by atoms with Gasteiger partial charge >= 0.3 is 5.97 Å². The van der Waals surface area contributed by atoms with Crippen molar-refractivity contribution in [3.63, 3.8) is 0 Å². The van der Waals surface area contributed by atoms with Gasteiger partial charge in [0.2, 0.25) is 0 Å². The van der Waals surface area contributed by atoms with Crippen LogP contribution in [0.1, 0.15) is 28.8 Å². The first-order valence-corrected chi connectivity index (χ1v) is 11.7. The number of hydrogen-bond acceptors (Lipinski definition) is 8. The molecule has 1 aliphatic heterocycles. The highest BCUT2D eigenvalue weighted by molar-refractivity contribution is 5.94.